The molecule has 1 aliphatic carbocycles. The predicted molar refractivity (Wildman–Crippen MR) is 57.4 cm³/mol. The lowest BCUT2D eigenvalue weighted by atomic mass is 9.91. The van der Waals surface area contributed by atoms with Crippen LogP contribution in [0.25, 0.3) is 0 Å². The average molecular weight is 212 g/mol. The van der Waals surface area contributed by atoms with Gasteiger partial charge < -0.3 is 15.7 Å². The van der Waals surface area contributed by atoms with E-state index in [2.05, 4.69) is 10.6 Å². The molecule has 2 fully saturated rings. The van der Waals surface area contributed by atoms with Crippen molar-refractivity contribution < 1.29 is 9.90 Å². The van der Waals surface area contributed by atoms with E-state index in [1.807, 2.05) is 0 Å². The number of hydrogen-bond donors (Lipinski definition) is 3. The van der Waals surface area contributed by atoms with Gasteiger partial charge in [-0.1, -0.05) is 12.8 Å². The minimum absolute atomic E-state index is 0.0866. The van der Waals surface area contributed by atoms with E-state index in [0.717, 1.165) is 45.1 Å². The third-order valence-electron chi connectivity index (χ3n) is 3.43. The molecule has 86 valence electrons. The lowest BCUT2D eigenvalue weighted by Gasteiger charge is -2.33. The molecule has 1 heterocycles. The van der Waals surface area contributed by atoms with Crippen LogP contribution in [0, 0.1) is 0 Å². The van der Waals surface area contributed by atoms with E-state index in [-0.39, 0.29) is 24.1 Å². The molecule has 2 aliphatic rings. The van der Waals surface area contributed by atoms with E-state index in [4.69, 9.17) is 0 Å². The van der Waals surface area contributed by atoms with E-state index in [1.54, 1.807) is 0 Å². The molecule has 0 bridgehead atoms. The van der Waals surface area contributed by atoms with Gasteiger partial charge in [0.2, 0.25) is 5.91 Å². The van der Waals surface area contributed by atoms with E-state index < -0.39 is 0 Å². The Bertz CT molecular complexity index is 233. The summed E-state index contributed by atoms with van der Waals surface area (Å²) in [5.41, 5.74) is 0. The van der Waals surface area contributed by atoms with Crippen molar-refractivity contribution >= 4 is 5.91 Å². The van der Waals surface area contributed by atoms with Gasteiger partial charge in [0.1, 0.15) is 0 Å². The summed E-state index contributed by atoms with van der Waals surface area (Å²) in [5, 5.41) is 15.9. The van der Waals surface area contributed by atoms with Crippen LogP contribution >= 0.6 is 0 Å². The van der Waals surface area contributed by atoms with Crippen LogP contribution < -0.4 is 10.6 Å². The van der Waals surface area contributed by atoms with Crippen LogP contribution in [0.2, 0.25) is 0 Å². The number of carbonyl (C=O) groups excluding carboxylic acids is 1. The van der Waals surface area contributed by atoms with Gasteiger partial charge in [0, 0.05) is 12.6 Å². The van der Waals surface area contributed by atoms with Gasteiger partial charge >= 0.3 is 0 Å². The maximum atomic E-state index is 11.5. The van der Waals surface area contributed by atoms with Crippen LogP contribution in [0.4, 0.5) is 0 Å². The summed E-state index contributed by atoms with van der Waals surface area (Å²) in [4.78, 5) is 11.5. The molecule has 1 saturated heterocycles. The lowest BCUT2D eigenvalue weighted by molar-refractivity contribution is -0.125. The molecule has 0 aromatic heterocycles. The Morgan fingerprint density at radius 2 is 2.00 bits per heavy atom. The molecule has 0 aromatic carbocycles. The summed E-state index contributed by atoms with van der Waals surface area (Å²) in [6.07, 6.45) is 5.78. The largest absolute Gasteiger partial charge is 0.392 e. The summed E-state index contributed by atoms with van der Waals surface area (Å²) >= 11 is 0. The smallest absolute Gasteiger partial charge is 0.237 e. The highest BCUT2D eigenvalue weighted by Crippen LogP contribution is 2.19. The molecule has 3 N–H and O–H groups in total. The number of piperidine rings is 1. The molecule has 0 aromatic rings. The van der Waals surface area contributed by atoms with Gasteiger partial charge in [-0.25, -0.2) is 0 Å². The molecule has 4 nitrogen and oxygen atoms in total. The Morgan fingerprint density at radius 1 is 1.20 bits per heavy atom. The van der Waals surface area contributed by atoms with Gasteiger partial charge in [-0.2, -0.15) is 0 Å². The van der Waals surface area contributed by atoms with Gasteiger partial charge in [0.05, 0.1) is 12.1 Å². The minimum Gasteiger partial charge on any atom is -0.392 e. The van der Waals surface area contributed by atoms with E-state index in [1.165, 1.54) is 0 Å². The zero-order valence-corrected chi connectivity index (χ0v) is 9.04. The van der Waals surface area contributed by atoms with Crippen molar-refractivity contribution in [1.82, 2.24) is 10.6 Å². The molecule has 1 saturated carbocycles. The highest BCUT2D eigenvalue weighted by molar-refractivity contribution is 5.82. The quantitative estimate of drug-likeness (QED) is 0.611. The number of aliphatic hydroxyl groups excluding tert-OH is 1. The van der Waals surface area contributed by atoms with Crippen molar-refractivity contribution in [2.45, 2.75) is 56.7 Å². The van der Waals surface area contributed by atoms with Crippen LogP contribution in [0.5, 0.6) is 0 Å². The van der Waals surface area contributed by atoms with Crippen LogP contribution in [0.1, 0.15) is 38.5 Å². The van der Waals surface area contributed by atoms with Gasteiger partial charge in [-0.15, -0.1) is 0 Å². The first-order valence-electron chi connectivity index (χ1n) is 5.99. The Balaban J connectivity index is 1.86. The molecule has 2 rings (SSSR count). The maximum absolute atomic E-state index is 11.5. The fourth-order valence-corrected chi connectivity index (χ4v) is 2.50. The Hall–Kier alpha value is -0.610. The molecule has 4 heteroatoms. The average Bonchev–Trinajstić information content (AvgIpc) is 2.24. The van der Waals surface area contributed by atoms with E-state index in [0.29, 0.717) is 0 Å². The maximum Gasteiger partial charge on any atom is 0.237 e. The van der Waals surface area contributed by atoms with Crippen LogP contribution in [0.15, 0.2) is 0 Å². The second kappa shape index (κ2) is 4.94. The topological polar surface area (TPSA) is 61.4 Å². The van der Waals surface area contributed by atoms with Gasteiger partial charge in [-0.05, 0) is 25.7 Å². The molecule has 0 radical (unpaired) electrons. The highest BCUT2D eigenvalue weighted by Gasteiger charge is 2.29. The third kappa shape index (κ3) is 2.69. The molecule has 15 heavy (non-hydrogen) atoms. The minimum atomic E-state index is -0.270. The first kappa shape index (κ1) is 10.9. The molecular formula is C11H20N2O2. The number of hydrogen-bond acceptors (Lipinski definition) is 3. The molecule has 1 amide bonds. The summed E-state index contributed by atoms with van der Waals surface area (Å²) in [6, 6.07) is 0.0316. The van der Waals surface area contributed by atoms with Crippen LogP contribution in [0.3, 0.4) is 0 Å². The standard InChI is InChI=1S/C11H20N2O2/c14-10-6-2-1-4-8(10)13-9-5-3-7-12-11(9)15/h8-10,13-14H,1-7H2,(H,12,15). The van der Waals surface area contributed by atoms with Crippen molar-refractivity contribution in [3.63, 3.8) is 0 Å². The van der Waals surface area contributed by atoms with Crippen LogP contribution in [-0.2, 0) is 4.79 Å². The van der Waals surface area contributed by atoms with E-state index >= 15 is 0 Å². The summed E-state index contributed by atoms with van der Waals surface area (Å²) in [5.74, 6) is 0.0963. The summed E-state index contributed by atoms with van der Waals surface area (Å²) in [7, 11) is 0. The van der Waals surface area contributed by atoms with Crippen LogP contribution in [-0.4, -0.2) is 35.7 Å². The summed E-state index contributed by atoms with van der Waals surface area (Å²) < 4.78 is 0. The number of rotatable bonds is 2. The number of nitrogens with one attached hydrogen (secondary N) is 2. The predicted octanol–water partition coefficient (Wildman–Crippen LogP) is 0.158. The molecule has 3 unspecified atom stereocenters. The Morgan fingerprint density at radius 3 is 2.73 bits per heavy atom. The summed E-state index contributed by atoms with van der Waals surface area (Å²) in [6.45, 7) is 0.796. The van der Waals surface area contributed by atoms with Crippen molar-refractivity contribution in [1.29, 1.82) is 0 Å². The Kier molecular flexibility index (Phi) is 3.59. The SMILES string of the molecule is O=C1NCCCC1NC1CCCCC1O. The monoisotopic (exact) mass is 212 g/mol. The first-order valence-corrected chi connectivity index (χ1v) is 5.99. The lowest BCUT2D eigenvalue weighted by Crippen LogP contribution is -2.55. The molecule has 0 spiro atoms. The second-order valence-electron chi connectivity index (χ2n) is 4.61. The van der Waals surface area contributed by atoms with Crippen molar-refractivity contribution in [2.75, 3.05) is 6.54 Å². The molecular weight excluding hydrogens is 192 g/mol. The fourth-order valence-electron chi connectivity index (χ4n) is 2.50. The number of aliphatic hydroxyl groups is 1. The van der Waals surface area contributed by atoms with Crippen molar-refractivity contribution in [3.05, 3.63) is 0 Å². The molecule has 1 aliphatic heterocycles. The number of amides is 1. The highest BCUT2D eigenvalue weighted by atomic mass is 16.3. The Labute approximate surface area is 90.4 Å². The zero-order valence-electron chi connectivity index (χ0n) is 9.04. The third-order valence-corrected chi connectivity index (χ3v) is 3.43. The number of carbonyl (C=O) groups is 1. The van der Waals surface area contributed by atoms with Gasteiger partial charge in [-0.3, -0.25) is 4.79 Å². The van der Waals surface area contributed by atoms with E-state index in [9.17, 15) is 9.90 Å². The van der Waals surface area contributed by atoms with Crippen molar-refractivity contribution in [3.8, 4) is 0 Å². The van der Waals surface area contributed by atoms with Gasteiger partial charge in [0.25, 0.3) is 0 Å². The fraction of sp³-hybridized carbons (Fsp3) is 0.909. The molecule has 3 atom stereocenters. The van der Waals surface area contributed by atoms with Crippen molar-refractivity contribution in [2.24, 2.45) is 0 Å². The van der Waals surface area contributed by atoms with Gasteiger partial charge in [0.15, 0.2) is 0 Å². The zero-order chi connectivity index (χ0) is 10.7. The second-order valence-corrected chi connectivity index (χ2v) is 4.61. The normalized spacial score (nSPS) is 37.4. The first-order chi connectivity index (χ1) is 7.27.